The largest absolute Gasteiger partial charge is 0.370 e. The fraction of sp³-hybridized carbons (Fsp3) is 0.905. The second-order valence-corrected chi connectivity index (χ2v) is 7.47. The number of hydrogen-bond donors (Lipinski definition) is 2. The molecule has 0 aliphatic carbocycles. The van der Waals surface area contributed by atoms with E-state index < -0.39 is 11.9 Å². The van der Waals surface area contributed by atoms with Gasteiger partial charge in [0.1, 0.15) is 0 Å². The minimum absolute atomic E-state index is 0.0200. The first-order valence-electron chi connectivity index (χ1n) is 10.9. The molecule has 1 atom stereocenters. The monoisotopic (exact) mass is 369 g/mol. The van der Waals surface area contributed by atoms with Gasteiger partial charge in [0.2, 0.25) is 11.8 Å². The van der Waals surface area contributed by atoms with Gasteiger partial charge in [-0.3, -0.25) is 9.59 Å². The highest BCUT2D eigenvalue weighted by Gasteiger charge is 2.20. The molecule has 4 N–H and O–H groups in total. The Labute approximate surface area is 161 Å². The summed E-state index contributed by atoms with van der Waals surface area (Å²) in [6.07, 6.45) is 15.0. The molecule has 2 amide bonds. The number of amides is 2. The molecule has 0 heterocycles. The Hall–Kier alpha value is -1.10. The Kier molecular flexibility index (Phi) is 16.6. The van der Waals surface area contributed by atoms with Crippen molar-refractivity contribution in [3.63, 3.8) is 0 Å². The van der Waals surface area contributed by atoms with E-state index in [1.165, 1.54) is 51.4 Å². The molecular weight excluding hydrogens is 326 g/mol. The van der Waals surface area contributed by atoms with Crippen LogP contribution in [0.2, 0.25) is 0 Å². The van der Waals surface area contributed by atoms with Crippen molar-refractivity contribution < 1.29 is 9.59 Å². The fourth-order valence-corrected chi connectivity index (χ4v) is 3.15. The lowest BCUT2D eigenvalue weighted by Crippen LogP contribution is -2.45. The van der Waals surface area contributed by atoms with Gasteiger partial charge in [0.05, 0.1) is 6.04 Å². The van der Waals surface area contributed by atoms with E-state index in [0.29, 0.717) is 6.42 Å². The Balaban J connectivity index is 4.28. The van der Waals surface area contributed by atoms with Gasteiger partial charge in [0.25, 0.3) is 0 Å². The van der Waals surface area contributed by atoms with E-state index in [9.17, 15) is 9.59 Å². The number of primary amides is 1. The maximum Gasteiger partial charge on any atom is 0.239 e. The third-order valence-corrected chi connectivity index (χ3v) is 4.89. The van der Waals surface area contributed by atoms with E-state index in [1.807, 2.05) is 4.90 Å². The number of nitrogens with zero attached hydrogens (tertiary/aromatic N) is 1. The third kappa shape index (κ3) is 14.1. The first kappa shape index (κ1) is 24.9. The van der Waals surface area contributed by atoms with Crippen LogP contribution in [0.1, 0.15) is 104 Å². The molecule has 0 unspecified atom stereocenters. The summed E-state index contributed by atoms with van der Waals surface area (Å²) in [5.41, 5.74) is 11.2. The van der Waals surface area contributed by atoms with Gasteiger partial charge in [-0.2, -0.15) is 0 Å². The molecule has 0 aliphatic rings. The van der Waals surface area contributed by atoms with E-state index in [1.54, 1.807) is 0 Å². The number of hydrogen-bond acceptors (Lipinski definition) is 3. The predicted octanol–water partition coefficient (Wildman–Crippen LogP) is 4.13. The highest BCUT2D eigenvalue weighted by Crippen LogP contribution is 2.10. The molecule has 0 aromatic carbocycles. The second kappa shape index (κ2) is 17.3. The van der Waals surface area contributed by atoms with Crippen molar-refractivity contribution in [3.05, 3.63) is 0 Å². The van der Waals surface area contributed by atoms with Gasteiger partial charge in [-0.1, -0.05) is 78.1 Å². The van der Waals surface area contributed by atoms with Crippen LogP contribution in [0.5, 0.6) is 0 Å². The third-order valence-electron chi connectivity index (χ3n) is 4.89. The van der Waals surface area contributed by atoms with Crippen molar-refractivity contribution in [3.8, 4) is 0 Å². The van der Waals surface area contributed by atoms with Crippen LogP contribution in [0, 0.1) is 0 Å². The molecule has 26 heavy (non-hydrogen) atoms. The zero-order chi connectivity index (χ0) is 19.6. The van der Waals surface area contributed by atoms with Crippen molar-refractivity contribution in [1.82, 2.24) is 4.90 Å². The molecule has 5 heteroatoms. The predicted molar refractivity (Wildman–Crippen MR) is 110 cm³/mol. The number of unbranched alkanes of at least 4 members (excludes halogenated alkanes) is 10. The summed E-state index contributed by atoms with van der Waals surface area (Å²) in [4.78, 5) is 25.5. The van der Waals surface area contributed by atoms with Crippen LogP contribution in [0.4, 0.5) is 0 Å². The van der Waals surface area contributed by atoms with Crippen LogP contribution >= 0.6 is 0 Å². The van der Waals surface area contributed by atoms with E-state index >= 15 is 0 Å². The van der Waals surface area contributed by atoms with Gasteiger partial charge in [0.15, 0.2) is 0 Å². The Morgan fingerprint density at radius 1 is 0.769 bits per heavy atom. The van der Waals surface area contributed by atoms with E-state index in [2.05, 4.69) is 13.8 Å². The average Bonchev–Trinajstić information content (AvgIpc) is 2.62. The smallest absolute Gasteiger partial charge is 0.239 e. The molecule has 0 bridgehead atoms. The lowest BCUT2D eigenvalue weighted by molar-refractivity contribution is -0.133. The van der Waals surface area contributed by atoms with Crippen LogP contribution in [-0.4, -0.2) is 35.8 Å². The highest BCUT2D eigenvalue weighted by molar-refractivity contribution is 5.82. The van der Waals surface area contributed by atoms with Crippen molar-refractivity contribution in [2.45, 2.75) is 110 Å². The molecular formula is C21H43N3O2. The molecule has 0 rings (SSSR count). The summed E-state index contributed by atoms with van der Waals surface area (Å²) >= 11 is 0. The van der Waals surface area contributed by atoms with Gasteiger partial charge >= 0.3 is 0 Å². The normalized spacial score (nSPS) is 12.1. The van der Waals surface area contributed by atoms with Crippen LogP contribution in [-0.2, 0) is 9.59 Å². The maximum absolute atomic E-state index is 12.6. The molecule has 0 aromatic heterocycles. The zero-order valence-electron chi connectivity index (χ0n) is 17.3. The van der Waals surface area contributed by atoms with Gasteiger partial charge in [0, 0.05) is 19.5 Å². The standard InChI is InChI=1S/C21H43N3O2/c1-3-5-7-9-11-13-17-24(18-14-12-10-8-6-4-2)21(26)19(22)15-16-20(23)25/h19H,3-18,22H2,1-2H3,(H2,23,25)/t19-/m0/s1. The SMILES string of the molecule is CCCCCCCCN(CCCCCCCC)C(=O)[C@@H](N)CCC(N)=O. The molecule has 0 saturated heterocycles. The fourth-order valence-electron chi connectivity index (χ4n) is 3.15. The molecule has 0 spiro atoms. The van der Waals surface area contributed by atoms with E-state index in [4.69, 9.17) is 11.5 Å². The summed E-state index contributed by atoms with van der Waals surface area (Å²) in [5.74, 6) is -0.417. The van der Waals surface area contributed by atoms with E-state index in [0.717, 1.165) is 38.8 Å². The quantitative estimate of drug-likeness (QED) is 0.356. The minimum atomic E-state index is -0.609. The summed E-state index contributed by atoms with van der Waals surface area (Å²) in [7, 11) is 0. The average molecular weight is 370 g/mol. The Bertz CT molecular complexity index is 345. The number of carbonyl (C=O) groups is 2. The number of nitrogens with two attached hydrogens (primary N) is 2. The second-order valence-electron chi connectivity index (χ2n) is 7.47. The lowest BCUT2D eigenvalue weighted by atomic mass is 10.1. The first-order valence-corrected chi connectivity index (χ1v) is 10.9. The van der Waals surface area contributed by atoms with Gasteiger partial charge in [-0.25, -0.2) is 0 Å². The van der Waals surface area contributed by atoms with Gasteiger partial charge < -0.3 is 16.4 Å². The van der Waals surface area contributed by atoms with Crippen molar-refractivity contribution >= 4 is 11.8 Å². The Morgan fingerprint density at radius 3 is 1.62 bits per heavy atom. The molecule has 0 fully saturated rings. The molecule has 0 aliphatic heterocycles. The van der Waals surface area contributed by atoms with E-state index in [-0.39, 0.29) is 12.3 Å². The summed E-state index contributed by atoms with van der Waals surface area (Å²) in [5, 5.41) is 0. The van der Waals surface area contributed by atoms with Gasteiger partial charge in [-0.05, 0) is 19.3 Å². The summed E-state index contributed by atoms with van der Waals surface area (Å²) in [6.45, 7) is 6.00. The maximum atomic E-state index is 12.6. The minimum Gasteiger partial charge on any atom is -0.370 e. The molecule has 0 radical (unpaired) electrons. The lowest BCUT2D eigenvalue weighted by Gasteiger charge is -2.26. The van der Waals surface area contributed by atoms with Crippen LogP contribution in [0.3, 0.4) is 0 Å². The van der Waals surface area contributed by atoms with Crippen LogP contribution < -0.4 is 11.5 Å². The molecule has 154 valence electrons. The summed E-state index contributed by atoms with van der Waals surface area (Å²) < 4.78 is 0. The summed E-state index contributed by atoms with van der Waals surface area (Å²) in [6, 6.07) is -0.609. The molecule has 5 nitrogen and oxygen atoms in total. The van der Waals surface area contributed by atoms with Crippen LogP contribution in [0.25, 0.3) is 0 Å². The molecule has 0 saturated carbocycles. The number of rotatable bonds is 18. The van der Waals surface area contributed by atoms with Crippen LogP contribution in [0.15, 0.2) is 0 Å². The molecule has 0 aromatic rings. The zero-order valence-corrected chi connectivity index (χ0v) is 17.3. The first-order chi connectivity index (χ1) is 12.5. The highest BCUT2D eigenvalue weighted by atomic mass is 16.2. The topological polar surface area (TPSA) is 89.4 Å². The van der Waals surface area contributed by atoms with Gasteiger partial charge in [-0.15, -0.1) is 0 Å². The number of carbonyl (C=O) groups excluding carboxylic acids is 2. The van der Waals surface area contributed by atoms with Crippen molar-refractivity contribution in [2.75, 3.05) is 13.1 Å². The Morgan fingerprint density at radius 2 is 1.19 bits per heavy atom. The van der Waals surface area contributed by atoms with Crippen molar-refractivity contribution in [1.29, 1.82) is 0 Å². The van der Waals surface area contributed by atoms with Crippen molar-refractivity contribution in [2.24, 2.45) is 11.5 Å².